The SMILES string of the molecule is O=C(CN1CCN(C2CCCC2)CC1)c1cccc(Br)c1. The lowest BCUT2D eigenvalue weighted by Gasteiger charge is -2.37. The summed E-state index contributed by atoms with van der Waals surface area (Å²) in [6, 6.07) is 8.51. The first-order valence-corrected chi connectivity index (χ1v) is 8.77. The van der Waals surface area contributed by atoms with Gasteiger partial charge in [0.1, 0.15) is 0 Å². The maximum atomic E-state index is 12.3. The van der Waals surface area contributed by atoms with Gasteiger partial charge in [0.15, 0.2) is 5.78 Å². The van der Waals surface area contributed by atoms with E-state index >= 15 is 0 Å². The lowest BCUT2D eigenvalue weighted by atomic mass is 10.1. The third-order valence-corrected chi connectivity index (χ3v) is 5.26. The third kappa shape index (κ3) is 3.93. The predicted octanol–water partition coefficient (Wildman–Crippen LogP) is 3.19. The molecule has 2 aliphatic rings. The van der Waals surface area contributed by atoms with Gasteiger partial charge in [0.05, 0.1) is 6.54 Å². The topological polar surface area (TPSA) is 23.6 Å². The summed E-state index contributed by atoms with van der Waals surface area (Å²) in [5, 5.41) is 0. The first kappa shape index (κ1) is 15.2. The Morgan fingerprint density at radius 3 is 2.52 bits per heavy atom. The highest BCUT2D eigenvalue weighted by atomic mass is 79.9. The molecule has 0 amide bonds. The van der Waals surface area contributed by atoms with Crippen LogP contribution < -0.4 is 0 Å². The van der Waals surface area contributed by atoms with Crippen molar-refractivity contribution in [3.63, 3.8) is 0 Å². The quantitative estimate of drug-likeness (QED) is 0.779. The molecule has 1 aliphatic carbocycles. The lowest BCUT2D eigenvalue weighted by molar-refractivity contribution is 0.0775. The number of carbonyl (C=O) groups excluding carboxylic acids is 1. The Hall–Kier alpha value is -0.710. The van der Waals surface area contributed by atoms with Crippen LogP contribution in [0.3, 0.4) is 0 Å². The van der Waals surface area contributed by atoms with Crippen LogP contribution >= 0.6 is 15.9 Å². The minimum Gasteiger partial charge on any atom is -0.298 e. The summed E-state index contributed by atoms with van der Waals surface area (Å²) < 4.78 is 0.972. The summed E-state index contributed by atoms with van der Waals surface area (Å²) in [5.74, 6) is 0.227. The Morgan fingerprint density at radius 2 is 1.86 bits per heavy atom. The molecule has 0 atom stereocenters. The number of hydrogen-bond donors (Lipinski definition) is 0. The largest absolute Gasteiger partial charge is 0.298 e. The molecule has 0 bridgehead atoms. The van der Waals surface area contributed by atoms with Crippen molar-refractivity contribution in [3.8, 4) is 0 Å². The number of nitrogens with zero attached hydrogens (tertiary/aromatic N) is 2. The van der Waals surface area contributed by atoms with Gasteiger partial charge in [-0.3, -0.25) is 14.6 Å². The second-order valence-corrected chi connectivity index (χ2v) is 7.10. The number of carbonyl (C=O) groups is 1. The fraction of sp³-hybridized carbons (Fsp3) is 0.588. The van der Waals surface area contributed by atoms with Crippen molar-refractivity contribution in [2.24, 2.45) is 0 Å². The molecule has 0 spiro atoms. The highest BCUT2D eigenvalue weighted by molar-refractivity contribution is 9.10. The smallest absolute Gasteiger partial charge is 0.176 e. The monoisotopic (exact) mass is 350 g/mol. The average Bonchev–Trinajstić information content (AvgIpc) is 3.02. The van der Waals surface area contributed by atoms with Crippen LogP contribution in [0.4, 0.5) is 0 Å². The maximum absolute atomic E-state index is 12.3. The third-order valence-electron chi connectivity index (χ3n) is 4.76. The summed E-state index contributed by atoms with van der Waals surface area (Å²) in [7, 11) is 0. The molecule has 1 aromatic rings. The zero-order chi connectivity index (χ0) is 14.7. The van der Waals surface area contributed by atoms with Crippen LogP contribution in [0, 0.1) is 0 Å². The number of rotatable bonds is 4. The molecule has 3 rings (SSSR count). The standard InChI is InChI=1S/C17H23BrN2O/c18-15-5-3-4-14(12-15)17(21)13-19-8-10-20(11-9-19)16-6-1-2-7-16/h3-5,12,16H,1-2,6-11,13H2. The molecule has 0 radical (unpaired) electrons. The zero-order valence-electron chi connectivity index (χ0n) is 12.4. The summed E-state index contributed by atoms with van der Waals surface area (Å²) in [4.78, 5) is 17.3. The Kier molecular flexibility index (Phi) is 5.09. The molecule has 0 N–H and O–H groups in total. The van der Waals surface area contributed by atoms with Crippen molar-refractivity contribution in [3.05, 3.63) is 34.3 Å². The van der Waals surface area contributed by atoms with Gasteiger partial charge in [-0.1, -0.05) is 40.9 Å². The van der Waals surface area contributed by atoms with Crippen LogP contribution in [0.5, 0.6) is 0 Å². The van der Waals surface area contributed by atoms with E-state index < -0.39 is 0 Å². The van der Waals surface area contributed by atoms with Crippen LogP contribution in [0.15, 0.2) is 28.7 Å². The Morgan fingerprint density at radius 1 is 1.14 bits per heavy atom. The molecule has 2 fully saturated rings. The number of piperazine rings is 1. The highest BCUT2D eigenvalue weighted by Gasteiger charge is 2.26. The van der Waals surface area contributed by atoms with Crippen LogP contribution in [0.1, 0.15) is 36.0 Å². The molecule has 4 heteroatoms. The van der Waals surface area contributed by atoms with E-state index in [1.807, 2.05) is 24.3 Å². The Bertz CT molecular complexity index is 491. The van der Waals surface area contributed by atoms with Crippen LogP contribution in [-0.4, -0.2) is 54.3 Å². The van der Waals surface area contributed by atoms with Crippen LogP contribution in [-0.2, 0) is 0 Å². The van der Waals surface area contributed by atoms with E-state index in [9.17, 15) is 4.79 Å². The van der Waals surface area contributed by atoms with E-state index in [4.69, 9.17) is 0 Å². The van der Waals surface area contributed by atoms with Crippen molar-refractivity contribution in [1.82, 2.24) is 9.80 Å². The first-order valence-electron chi connectivity index (χ1n) is 7.97. The number of halogens is 1. The molecule has 0 unspecified atom stereocenters. The second kappa shape index (κ2) is 7.03. The summed E-state index contributed by atoms with van der Waals surface area (Å²) in [6.07, 6.45) is 5.53. The molecular formula is C17H23BrN2O. The van der Waals surface area contributed by atoms with E-state index in [1.165, 1.54) is 25.7 Å². The summed E-state index contributed by atoms with van der Waals surface area (Å²) in [6.45, 7) is 4.84. The van der Waals surface area contributed by atoms with Crippen molar-refractivity contribution >= 4 is 21.7 Å². The van der Waals surface area contributed by atoms with E-state index in [0.717, 1.165) is 42.3 Å². The molecule has 21 heavy (non-hydrogen) atoms. The molecule has 0 aromatic heterocycles. The molecule has 1 saturated carbocycles. The van der Waals surface area contributed by atoms with Gasteiger partial charge in [0, 0.05) is 42.3 Å². The van der Waals surface area contributed by atoms with E-state index in [-0.39, 0.29) is 5.78 Å². The van der Waals surface area contributed by atoms with Gasteiger partial charge in [-0.25, -0.2) is 0 Å². The number of ketones is 1. The van der Waals surface area contributed by atoms with Gasteiger partial charge in [-0.15, -0.1) is 0 Å². The highest BCUT2D eigenvalue weighted by Crippen LogP contribution is 2.24. The molecule has 1 aliphatic heterocycles. The fourth-order valence-electron chi connectivity index (χ4n) is 3.51. The van der Waals surface area contributed by atoms with Gasteiger partial charge < -0.3 is 0 Å². The average molecular weight is 351 g/mol. The van der Waals surface area contributed by atoms with E-state index in [0.29, 0.717) is 6.54 Å². The Balaban J connectivity index is 1.49. The van der Waals surface area contributed by atoms with E-state index in [1.54, 1.807) is 0 Å². The zero-order valence-corrected chi connectivity index (χ0v) is 14.0. The molecule has 3 nitrogen and oxygen atoms in total. The minimum absolute atomic E-state index is 0.227. The van der Waals surface area contributed by atoms with Gasteiger partial charge in [0.25, 0.3) is 0 Å². The molecule has 1 aromatic carbocycles. The van der Waals surface area contributed by atoms with Crippen LogP contribution in [0.25, 0.3) is 0 Å². The first-order chi connectivity index (χ1) is 10.2. The number of benzene rings is 1. The normalized spacial score (nSPS) is 21.8. The van der Waals surface area contributed by atoms with Crippen LogP contribution in [0.2, 0.25) is 0 Å². The molecule has 1 saturated heterocycles. The summed E-state index contributed by atoms with van der Waals surface area (Å²) in [5.41, 5.74) is 0.808. The lowest BCUT2D eigenvalue weighted by Crippen LogP contribution is -2.50. The van der Waals surface area contributed by atoms with Gasteiger partial charge in [-0.05, 0) is 25.0 Å². The number of Topliss-reactive ketones (excluding diaryl/α,β-unsaturated/α-hetero) is 1. The van der Waals surface area contributed by atoms with Crippen molar-refractivity contribution in [2.45, 2.75) is 31.7 Å². The van der Waals surface area contributed by atoms with E-state index in [2.05, 4.69) is 25.7 Å². The molecule has 1 heterocycles. The molecular weight excluding hydrogens is 328 g/mol. The molecule has 114 valence electrons. The van der Waals surface area contributed by atoms with Crippen molar-refractivity contribution in [2.75, 3.05) is 32.7 Å². The second-order valence-electron chi connectivity index (χ2n) is 6.18. The minimum atomic E-state index is 0.227. The van der Waals surface area contributed by atoms with Crippen molar-refractivity contribution < 1.29 is 4.79 Å². The summed E-state index contributed by atoms with van der Waals surface area (Å²) >= 11 is 3.43. The number of hydrogen-bond acceptors (Lipinski definition) is 3. The fourth-order valence-corrected chi connectivity index (χ4v) is 3.91. The van der Waals surface area contributed by atoms with Crippen molar-refractivity contribution in [1.29, 1.82) is 0 Å². The maximum Gasteiger partial charge on any atom is 0.176 e. The van der Waals surface area contributed by atoms with Gasteiger partial charge in [0.2, 0.25) is 0 Å². The Labute approximate surface area is 135 Å². The van der Waals surface area contributed by atoms with Gasteiger partial charge in [-0.2, -0.15) is 0 Å². The predicted molar refractivity (Wildman–Crippen MR) is 88.7 cm³/mol. The van der Waals surface area contributed by atoms with Gasteiger partial charge >= 0.3 is 0 Å².